The molecule has 7 heteroatoms. The van der Waals surface area contributed by atoms with Crippen molar-refractivity contribution < 1.29 is 28.3 Å². The van der Waals surface area contributed by atoms with Crippen molar-refractivity contribution in [2.45, 2.75) is 6.18 Å². The molecule has 1 aromatic rings. The standard InChI is InChI=1S/C7H6BF3O3/c9-7(10,11)4-1-5(8(13)14)3-6(12)2-4/h1-3,12-14H. The largest absolute Gasteiger partial charge is 0.508 e. The minimum Gasteiger partial charge on any atom is -0.508 e. The number of aromatic hydroxyl groups is 1. The first-order valence-electron chi connectivity index (χ1n) is 3.58. The van der Waals surface area contributed by atoms with E-state index in [0.29, 0.717) is 12.1 Å². The Kier molecular flexibility index (Phi) is 2.72. The monoisotopic (exact) mass is 206 g/mol. The highest BCUT2D eigenvalue weighted by atomic mass is 19.4. The van der Waals surface area contributed by atoms with Crippen LogP contribution in [0.3, 0.4) is 0 Å². The van der Waals surface area contributed by atoms with Crippen LogP contribution in [0.15, 0.2) is 18.2 Å². The van der Waals surface area contributed by atoms with Gasteiger partial charge >= 0.3 is 13.3 Å². The highest BCUT2D eigenvalue weighted by Crippen LogP contribution is 2.30. The van der Waals surface area contributed by atoms with Crippen molar-refractivity contribution in [3.05, 3.63) is 23.8 Å². The van der Waals surface area contributed by atoms with Gasteiger partial charge in [0.05, 0.1) is 5.56 Å². The van der Waals surface area contributed by atoms with Gasteiger partial charge in [-0.15, -0.1) is 0 Å². The molecule has 0 spiro atoms. The van der Waals surface area contributed by atoms with E-state index in [1.807, 2.05) is 0 Å². The Hall–Kier alpha value is -1.21. The van der Waals surface area contributed by atoms with Crippen LogP contribution in [0.4, 0.5) is 13.2 Å². The Morgan fingerprint density at radius 1 is 1.07 bits per heavy atom. The Morgan fingerprint density at radius 3 is 2.07 bits per heavy atom. The number of phenolic OH excluding ortho intramolecular Hbond substituents is 1. The Labute approximate surface area is 77.6 Å². The Balaban J connectivity index is 3.21. The number of hydrogen-bond acceptors (Lipinski definition) is 3. The summed E-state index contributed by atoms with van der Waals surface area (Å²) in [4.78, 5) is 0. The predicted octanol–water partition coefficient (Wildman–Crippen LogP) is 0.0908. The van der Waals surface area contributed by atoms with E-state index in [1.54, 1.807) is 0 Å². The minimum atomic E-state index is -4.62. The van der Waals surface area contributed by atoms with Gasteiger partial charge in [0.15, 0.2) is 0 Å². The molecule has 0 heterocycles. The molecule has 0 saturated carbocycles. The summed E-state index contributed by atoms with van der Waals surface area (Å²) >= 11 is 0. The third kappa shape index (κ3) is 2.40. The van der Waals surface area contributed by atoms with E-state index in [2.05, 4.69) is 0 Å². The first-order chi connectivity index (χ1) is 6.30. The van der Waals surface area contributed by atoms with Crippen molar-refractivity contribution in [3.63, 3.8) is 0 Å². The fourth-order valence-corrected chi connectivity index (χ4v) is 0.947. The molecule has 1 rings (SSSR count). The third-order valence-electron chi connectivity index (χ3n) is 1.57. The summed E-state index contributed by atoms with van der Waals surface area (Å²) in [6.07, 6.45) is -4.62. The normalized spacial score (nSPS) is 11.5. The molecule has 76 valence electrons. The summed E-state index contributed by atoms with van der Waals surface area (Å²) < 4.78 is 36.4. The van der Waals surface area contributed by atoms with Crippen molar-refractivity contribution in [1.82, 2.24) is 0 Å². The van der Waals surface area contributed by atoms with Crippen LogP contribution >= 0.6 is 0 Å². The number of benzene rings is 1. The maximum absolute atomic E-state index is 12.1. The number of halogens is 3. The van der Waals surface area contributed by atoms with Crippen LogP contribution in [0.2, 0.25) is 0 Å². The van der Waals surface area contributed by atoms with E-state index in [9.17, 15) is 13.2 Å². The number of phenols is 1. The van der Waals surface area contributed by atoms with E-state index in [1.165, 1.54) is 0 Å². The zero-order chi connectivity index (χ0) is 10.9. The van der Waals surface area contributed by atoms with Gasteiger partial charge in [0.2, 0.25) is 0 Å². The number of hydrogen-bond donors (Lipinski definition) is 3. The lowest BCUT2D eigenvalue weighted by Gasteiger charge is -2.09. The zero-order valence-corrected chi connectivity index (χ0v) is 6.78. The highest BCUT2D eigenvalue weighted by Gasteiger charge is 2.32. The molecule has 0 aliphatic rings. The van der Waals surface area contributed by atoms with Gasteiger partial charge in [0.1, 0.15) is 5.75 Å². The maximum atomic E-state index is 12.1. The smallest absolute Gasteiger partial charge is 0.488 e. The summed E-state index contributed by atoms with van der Waals surface area (Å²) in [5.74, 6) is -0.664. The molecule has 0 aliphatic heterocycles. The zero-order valence-electron chi connectivity index (χ0n) is 6.78. The van der Waals surface area contributed by atoms with Crippen LogP contribution in [-0.2, 0) is 6.18 Å². The van der Waals surface area contributed by atoms with E-state index in [0.717, 1.165) is 6.07 Å². The SMILES string of the molecule is OB(O)c1cc(O)cc(C(F)(F)F)c1. The minimum absolute atomic E-state index is 0.405. The molecule has 0 amide bonds. The molecule has 0 aromatic heterocycles. The fraction of sp³-hybridized carbons (Fsp3) is 0.143. The second-order valence-corrected chi connectivity index (χ2v) is 2.68. The highest BCUT2D eigenvalue weighted by molar-refractivity contribution is 6.58. The van der Waals surface area contributed by atoms with Gasteiger partial charge in [-0.05, 0) is 23.7 Å². The van der Waals surface area contributed by atoms with Crippen LogP contribution in [0, 0.1) is 0 Å². The van der Waals surface area contributed by atoms with Gasteiger partial charge in [0, 0.05) is 0 Å². The van der Waals surface area contributed by atoms with Crippen molar-refractivity contribution in [3.8, 4) is 5.75 Å². The molecular formula is C7H6BF3O3. The molecular weight excluding hydrogens is 200 g/mol. The van der Waals surface area contributed by atoms with E-state index >= 15 is 0 Å². The molecule has 0 bridgehead atoms. The van der Waals surface area contributed by atoms with Gasteiger partial charge in [-0.2, -0.15) is 13.2 Å². The van der Waals surface area contributed by atoms with Crippen molar-refractivity contribution >= 4 is 12.6 Å². The molecule has 3 nitrogen and oxygen atoms in total. The summed E-state index contributed by atoms with van der Waals surface area (Å²) in [6, 6.07) is 1.91. The van der Waals surface area contributed by atoms with Crippen molar-refractivity contribution in [2.24, 2.45) is 0 Å². The van der Waals surface area contributed by atoms with Crippen LogP contribution in [-0.4, -0.2) is 22.3 Å². The molecule has 0 fully saturated rings. The Bertz CT molecular complexity index is 337. The van der Waals surface area contributed by atoms with Crippen molar-refractivity contribution in [1.29, 1.82) is 0 Å². The summed E-state index contributed by atoms with van der Waals surface area (Å²) in [6.45, 7) is 0. The lowest BCUT2D eigenvalue weighted by molar-refractivity contribution is -0.137. The molecule has 0 aliphatic carbocycles. The van der Waals surface area contributed by atoms with E-state index in [-0.39, 0.29) is 0 Å². The summed E-state index contributed by atoms with van der Waals surface area (Å²) in [7, 11) is -2.04. The van der Waals surface area contributed by atoms with Gasteiger partial charge in [-0.1, -0.05) is 0 Å². The van der Waals surface area contributed by atoms with Crippen LogP contribution in [0.1, 0.15) is 5.56 Å². The second-order valence-electron chi connectivity index (χ2n) is 2.68. The van der Waals surface area contributed by atoms with Gasteiger partial charge < -0.3 is 15.2 Å². The third-order valence-corrected chi connectivity index (χ3v) is 1.57. The number of alkyl halides is 3. The molecule has 0 atom stereocenters. The van der Waals surface area contributed by atoms with Crippen LogP contribution < -0.4 is 5.46 Å². The molecule has 0 radical (unpaired) electrons. The van der Waals surface area contributed by atoms with E-state index in [4.69, 9.17) is 15.2 Å². The molecule has 0 saturated heterocycles. The van der Waals surface area contributed by atoms with Crippen LogP contribution in [0.25, 0.3) is 0 Å². The quantitative estimate of drug-likeness (QED) is 0.570. The fourth-order valence-electron chi connectivity index (χ4n) is 0.947. The molecule has 1 aromatic carbocycles. The topological polar surface area (TPSA) is 60.7 Å². The molecule has 3 N–H and O–H groups in total. The second kappa shape index (κ2) is 3.51. The average Bonchev–Trinajstić information content (AvgIpc) is 2.01. The lowest BCUT2D eigenvalue weighted by Crippen LogP contribution is -2.30. The summed E-state index contributed by atoms with van der Waals surface area (Å²) in [5, 5.41) is 26.1. The van der Waals surface area contributed by atoms with Gasteiger partial charge in [0.25, 0.3) is 0 Å². The van der Waals surface area contributed by atoms with E-state index < -0.39 is 30.1 Å². The molecule has 14 heavy (non-hydrogen) atoms. The average molecular weight is 206 g/mol. The predicted molar refractivity (Wildman–Crippen MR) is 42.9 cm³/mol. The van der Waals surface area contributed by atoms with Gasteiger partial charge in [-0.25, -0.2) is 0 Å². The first kappa shape index (κ1) is 10.9. The Morgan fingerprint density at radius 2 is 1.64 bits per heavy atom. The van der Waals surface area contributed by atoms with Crippen LogP contribution in [0.5, 0.6) is 5.75 Å². The van der Waals surface area contributed by atoms with Crippen molar-refractivity contribution in [2.75, 3.05) is 0 Å². The lowest BCUT2D eigenvalue weighted by atomic mass is 9.79. The summed E-state index contributed by atoms with van der Waals surface area (Å²) in [5.41, 5.74) is -1.53. The van der Waals surface area contributed by atoms with Gasteiger partial charge in [-0.3, -0.25) is 0 Å². The first-order valence-corrected chi connectivity index (χ1v) is 3.58. The number of rotatable bonds is 1. The maximum Gasteiger partial charge on any atom is 0.488 e. The molecule has 0 unspecified atom stereocenters.